The Kier molecular flexibility index (Phi) is 7.22. The summed E-state index contributed by atoms with van der Waals surface area (Å²) in [6, 6.07) is 16.9. The summed E-state index contributed by atoms with van der Waals surface area (Å²) in [6.07, 6.45) is 3.03. The molecule has 2 atom stereocenters. The van der Waals surface area contributed by atoms with Gasteiger partial charge in [0.25, 0.3) is 5.91 Å². The van der Waals surface area contributed by atoms with Crippen LogP contribution < -0.4 is 10.6 Å². The molecule has 1 heterocycles. The molecule has 160 valence electrons. The third-order valence-corrected chi connectivity index (χ3v) is 4.87. The number of phenolic OH excluding ortho intramolecular Hbond substituents is 1. The van der Waals surface area contributed by atoms with Crippen molar-refractivity contribution in [2.45, 2.75) is 32.4 Å². The van der Waals surface area contributed by atoms with Gasteiger partial charge in [-0.05, 0) is 49.2 Å². The molecule has 0 aliphatic rings. The Bertz CT molecular complexity index is 1020. The average molecular weight is 419 g/mol. The molecule has 3 aromatic rings. The number of rotatable bonds is 7. The Morgan fingerprint density at radius 3 is 2.42 bits per heavy atom. The monoisotopic (exact) mass is 419 g/mol. The number of carbonyl (C=O) groups is 2. The first-order valence-corrected chi connectivity index (χ1v) is 10.0. The fourth-order valence-electron chi connectivity index (χ4n) is 3.08. The lowest BCUT2D eigenvalue weighted by atomic mass is 10.0. The van der Waals surface area contributed by atoms with Gasteiger partial charge in [0.15, 0.2) is 0 Å². The molecule has 3 rings (SSSR count). The van der Waals surface area contributed by atoms with Gasteiger partial charge < -0.3 is 20.5 Å². The van der Waals surface area contributed by atoms with Crippen LogP contribution in [0.1, 0.15) is 53.9 Å². The minimum Gasteiger partial charge on any atom is -0.506 e. The van der Waals surface area contributed by atoms with E-state index < -0.39 is 12.2 Å². The van der Waals surface area contributed by atoms with Crippen molar-refractivity contribution in [2.24, 2.45) is 0 Å². The highest BCUT2D eigenvalue weighted by atomic mass is 16.6. The van der Waals surface area contributed by atoms with Crippen molar-refractivity contribution in [1.82, 2.24) is 10.3 Å². The summed E-state index contributed by atoms with van der Waals surface area (Å²) in [5.41, 5.74) is 2.45. The van der Waals surface area contributed by atoms with Crippen LogP contribution in [0.5, 0.6) is 5.75 Å². The van der Waals surface area contributed by atoms with Gasteiger partial charge in [0.05, 0.1) is 11.7 Å². The fourth-order valence-corrected chi connectivity index (χ4v) is 3.08. The zero-order valence-electron chi connectivity index (χ0n) is 17.4. The number of hydrogen-bond donors (Lipinski definition) is 3. The highest BCUT2D eigenvalue weighted by Crippen LogP contribution is 2.23. The topological polar surface area (TPSA) is 101 Å². The number of carbonyl (C=O) groups excluding carboxylic acids is 2. The molecule has 1 aromatic heterocycles. The second-order valence-corrected chi connectivity index (χ2v) is 7.03. The van der Waals surface area contributed by atoms with Crippen LogP contribution in [0.4, 0.5) is 10.5 Å². The lowest BCUT2D eigenvalue weighted by Gasteiger charge is -2.20. The molecule has 2 amide bonds. The van der Waals surface area contributed by atoms with Gasteiger partial charge in [0.1, 0.15) is 11.9 Å². The first-order chi connectivity index (χ1) is 15.0. The molecule has 3 N–H and O–H groups in total. The second-order valence-electron chi connectivity index (χ2n) is 7.03. The molecular weight excluding hydrogens is 394 g/mol. The minimum absolute atomic E-state index is 0.00161. The second kappa shape index (κ2) is 10.2. The predicted molar refractivity (Wildman–Crippen MR) is 118 cm³/mol. The van der Waals surface area contributed by atoms with Crippen molar-refractivity contribution < 1.29 is 19.4 Å². The van der Waals surface area contributed by atoms with E-state index in [1.165, 1.54) is 6.07 Å². The van der Waals surface area contributed by atoms with E-state index in [0.717, 1.165) is 11.1 Å². The van der Waals surface area contributed by atoms with Gasteiger partial charge in [-0.15, -0.1) is 0 Å². The maximum Gasteiger partial charge on any atom is 0.408 e. The number of para-hydroxylation sites is 2. The number of alkyl carbamates (subject to hydrolysis) is 1. The zero-order valence-corrected chi connectivity index (χ0v) is 17.4. The molecule has 7 nitrogen and oxygen atoms in total. The standard InChI is InChI=1S/C24H25N3O4/c1-3-20(27-24(30)31-16(2)19-7-6-14-25-15-19)17-10-12-18(13-11-17)23(29)26-21-8-4-5-9-22(21)28/h4-16,20,28H,3H2,1-2H3,(H,26,29)(H,27,30)/t16-,20?/m0/s1. The number of amides is 2. The van der Waals surface area contributed by atoms with E-state index in [4.69, 9.17) is 4.74 Å². The number of aromatic hydroxyl groups is 1. The van der Waals surface area contributed by atoms with Crippen LogP contribution in [0, 0.1) is 0 Å². The van der Waals surface area contributed by atoms with E-state index in [9.17, 15) is 14.7 Å². The molecule has 31 heavy (non-hydrogen) atoms. The normalized spacial score (nSPS) is 12.5. The lowest BCUT2D eigenvalue weighted by molar-refractivity contribution is 0.101. The summed E-state index contributed by atoms with van der Waals surface area (Å²) in [5, 5.41) is 15.3. The Labute approximate surface area is 181 Å². The van der Waals surface area contributed by atoms with Gasteiger partial charge in [-0.3, -0.25) is 9.78 Å². The van der Waals surface area contributed by atoms with Crippen LogP contribution in [0.3, 0.4) is 0 Å². The molecule has 0 fully saturated rings. The molecule has 0 saturated carbocycles. The zero-order chi connectivity index (χ0) is 22.2. The molecule has 1 unspecified atom stereocenters. The van der Waals surface area contributed by atoms with Gasteiger partial charge in [-0.2, -0.15) is 0 Å². The highest BCUT2D eigenvalue weighted by molar-refractivity contribution is 6.05. The summed E-state index contributed by atoms with van der Waals surface area (Å²) in [7, 11) is 0. The van der Waals surface area contributed by atoms with Crippen LogP contribution in [0.15, 0.2) is 73.1 Å². The number of ether oxygens (including phenoxy) is 1. The lowest BCUT2D eigenvalue weighted by Crippen LogP contribution is -2.29. The summed E-state index contributed by atoms with van der Waals surface area (Å²) < 4.78 is 5.45. The summed E-state index contributed by atoms with van der Waals surface area (Å²) in [5.74, 6) is -0.333. The summed E-state index contributed by atoms with van der Waals surface area (Å²) >= 11 is 0. The van der Waals surface area contributed by atoms with Gasteiger partial charge in [0, 0.05) is 23.5 Å². The van der Waals surface area contributed by atoms with Gasteiger partial charge in [-0.25, -0.2) is 4.79 Å². The van der Waals surface area contributed by atoms with Gasteiger partial charge in [0.2, 0.25) is 0 Å². The van der Waals surface area contributed by atoms with Crippen LogP contribution in [-0.2, 0) is 4.74 Å². The minimum atomic E-state index is -0.524. The number of anilines is 1. The highest BCUT2D eigenvalue weighted by Gasteiger charge is 2.17. The fraction of sp³-hybridized carbons (Fsp3) is 0.208. The Morgan fingerprint density at radius 1 is 1.03 bits per heavy atom. The van der Waals surface area contributed by atoms with E-state index in [-0.39, 0.29) is 17.7 Å². The number of nitrogens with one attached hydrogen (secondary N) is 2. The van der Waals surface area contributed by atoms with Crippen LogP contribution >= 0.6 is 0 Å². The number of nitrogens with zero attached hydrogens (tertiary/aromatic N) is 1. The van der Waals surface area contributed by atoms with Crippen molar-refractivity contribution in [3.05, 3.63) is 89.7 Å². The molecule has 2 aromatic carbocycles. The van der Waals surface area contributed by atoms with Crippen molar-refractivity contribution in [1.29, 1.82) is 0 Å². The van der Waals surface area contributed by atoms with E-state index in [2.05, 4.69) is 15.6 Å². The quantitative estimate of drug-likeness (QED) is 0.469. The average Bonchev–Trinajstić information content (AvgIpc) is 2.79. The molecule has 0 saturated heterocycles. The molecule has 0 bridgehead atoms. The van der Waals surface area contributed by atoms with E-state index >= 15 is 0 Å². The summed E-state index contributed by atoms with van der Waals surface area (Å²) in [4.78, 5) is 28.8. The summed E-state index contributed by atoms with van der Waals surface area (Å²) in [6.45, 7) is 3.74. The number of pyridine rings is 1. The maximum atomic E-state index is 12.4. The molecule has 7 heteroatoms. The maximum absolute atomic E-state index is 12.4. The third-order valence-electron chi connectivity index (χ3n) is 4.87. The van der Waals surface area contributed by atoms with Crippen molar-refractivity contribution in [3.63, 3.8) is 0 Å². The van der Waals surface area contributed by atoms with E-state index in [1.54, 1.807) is 67.8 Å². The Balaban J connectivity index is 1.61. The van der Waals surface area contributed by atoms with E-state index in [1.807, 2.05) is 13.0 Å². The molecule has 0 aliphatic heterocycles. The van der Waals surface area contributed by atoms with Crippen molar-refractivity contribution in [2.75, 3.05) is 5.32 Å². The Morgan fingerprint density at radius 2 is 1.77 bits per heavy atom. The van der Waals surface area contributed by atoms with Gasteiger partial charge >= 0.3 is 6.09 Å². The molecule has 0 spiro atoms. The molecule has 0 aliphatic carbocycles. The van der Waals surface area contributed by atoms with E-state index in [0.29, 0.717) is 17.7 Å². The number of phenols is 1. The number of aromatic nitrogens is 1. The van der Waals surface area contributed by atoms with Crippen LogP contribution in [0.25, 0.3) is 0 Å². The van der Waals surface area contributed by atoms with Crippen molar-refractivity contribution in [3.8, 4) is 5.75 Å². The largest absolute Gasteiger partial charge is 0.506 e. The smallest absolute Gasteiger partial charge is 0.408 e. The first kappa shape index (κ1) is 21.8. The number of hydrogen-bond acceptors (Lipinski definition) is 5. The Hall–Kier alpha value is -3.87. The molecular formula is C24H25N3O4. The third kappa shape index (κ3) is 5.82. The van der Waals surface area contributed by atoms with Crippen LogP contribution in [-0.4, -0.2) is 22.1 Å². The number of benzene rings is 2. The SMILES string of the molecule is CCC(NC(=O)O[C@@H](C)c1cccnc1)c1ccc(C(=O)Nc2ccccc2O)cc1. The van der Waals surface area contributed by atoms with Gasteiger partial charge in [-0.1, -0.05) is 37.3 Å². The van der Waals surface area contributed by atoms with Crippen LogP contribution in [0.2, 0.25) is 0 Å². The first-order valence-electron chi connectivity index (χ1n) is 10.0. The predicted octanol–water partition coefficient (Wildman–Crippen LogP) is 4.98. The molecule has 0 radical (unpaired) electrons. The van der Waals surface area contributed by atoms with Crippen molar-refractivity contribution >= 4 is 17.7 Å².